The number of carbonyl (C=O) groups is 1. The van der Waals surface area contributed by atoms with E-state index >= 15 is 0 Å². The number of carbonyl (C=O) groups excluding carboxylic acids is 1. The van der Waals surface area contributed by atoms with E-state index in [-0.39, 0.29) is 70.1 Å². The number of hydrogen-bond acceptors (Lipinski definition) is 8. The molecule has 0 saturated heterocycles. The molecule has 4 rings (SSSR count). The van der Waals surface area contributed by atoms with Gasteiger partial charge in [-0.15, -0.1) is 23.2 Å². The van der Waals surface area contributed by atoms with E-state index in [4.69, 9.17) is 79.1 Å². The Morgan fingerprint density at radius 3 is 2.09 bits per heavy atom. The first-order valence-corrected chi connectivity index (χ1v) is 15.3. The Morgan fingerprint density at radius 1 is 0.977 bits per heavy atom. The van der Waals surface area contributed by atoms with E-state index in [9.17, 15) is 20.1 Å². The third-order valence-corrected chi connectivity index (χ3v) is 8.18. The van der Waals surface area contributed by atoms with E-state index in [0.717, 1.165) is 9.69 Å². The molecule has 2 aliphatic carbocycles. The van der Waals surface area contributed by atoms with Crippen LogP contribution in [0.5, 0.6) is 5.88 Å². The lowest BCUT2D eigenvalue weighted by atomic mass is 10.1. The Morgan fingerprint density at radius 2 is 1.53 bits per heavy atom. The predicted molar refractivity (Wildman–Crippen MR) is 168 cm³/mol. The minimum Gasteiger partial charge on any atom is -0.493 e. The van der Waals surface area contributed by atoms with Crippen LogP contribution in [-0.2, 0) is 14.3 Å². The van der Waals surface area contributed by atoms with Crippen LogP contribution >= 0.6 is 69.6 Å². The van der Waals surface area contributed by atoms with E-state index in [1.807, 2.05) is 0 Å². The summed E-state index contributed by atoms with van der Waals surface area (Å²) in [7, 11) is 0. The number of alkyl halides is 2. The first-order chi connectivity index (χ1) is 20.4. The van der Waals surface area contributed by atoms with Crippen molar-refractivity contribution in [3.05, 3.63) is 67.0 Å². The van der Waals surface area contributed by atoms with Crippen LogP contribution in [0.2, 0.25) is 0 Å². The Balaban J connectivity index is 1.78. The van der Waals surface area contributed by atoms with Gasteiger partial charge in [-0.2, -0.15) is 15.2 Å². The number of aliphatic hydroxyl groups excluding tert-OH is 2. The van der Waals surface area contributed by atoms with Crippen molar-refractivity contribution in [1.29, 1.82) is 0 Å². The number of amides is 1. The number of halogens is 6. The van der Waals surface area contributed by atoms with E-state index in [2.05, 4.69) is 10.2 Å². The molecule has 0 aromatic carbocycles. The quantitative estimate of drug-likeness (QED) is 0.149. The zero-order chi connectivity index (χ0) is 31.6. The molecule has 1 aromatic rings. The van der Waals surface area contributed by atoms with E-state index < -0.39 is 35.1 Å². The summed E-state index contributed by atoms with van der Waals surface area (Å²) in [6.45, 7) is 3.61. The van der Waals surface area contributed by atoms with Crippen LogP contribution in [0, 0.1) is 0 Å². The molecular weight excluding hydrogens is 689 g/mol. The van der Waals surface area contributed by atoms with Gasteiger partial charge in [0, 0.05) is 36.1 Å². The molecule has 4 unspecified atom stereocenters. The largest absolute Gasteiger partial charge is 0.493 e. The van der Waals surface area contributed by atoms with Crippen molar-refractivity contribution in [2.24, 2.45) is 5.10 Å². The average Bonchev–Trinajstić information content (AvgIpc) is 3.40. The smallest absolute Gasteiger partial charge is 0.280 e. The van der Waals surface area contributed by atoms with Gasteiger partial charge in [-0.3, -0.25) is 4.79 Å². The van der Waals surface area contributed by atoms with Crippen molar-refractivity contribution in [2.75, 3.05) is 13.2 Å². The van der Waals surface area contributed by atoms with Gasteiger partial charge >= 0.3 is 0 Å². The summed E-state index contributed by atoms with van der Waals surface area (Å²) in [6.07, 6.45) is 4.46. The second-order valence-electron chi connectivity index (χ2n) is 9.18. The summed E-state index contributed by atoms with van der Waals surface area (Å²) >= 11 is 37.9. The van der Waals surface area contributed by atoms with Crippen molar-refractivity contribution < 1.29 is 29.6 Å². The average molecular weight is 715 g/mol. The second kappa shape index (κ2) is 14.5. The normalized spacial score (nSPS) is 23.9. The number of aromatic hydroxyl groups is 1. The molecule has 3 N–H and O–H groups in total. The molecule has 0 fully saturated rings. The Hall–Kier alpha value is -1.83. The van der Waals surface area contributed by atoms with Gasteiger partial charge in [-0.25, -0.2) is 4.68 Å². The maximum atomic E-state index is 13.5. The van der Waals surface area contributed by atoms with Crippen LogP contribution in [0.1, 0.15) is 44.2 Å². The molecule has 2 heterocycles. The van der Waals surface area contributed by atoms with Crippen LogP contribution in [-0.4, -0.2) is 72.0 Å². The van der Waals surface area contributed by atoms with Gasteiger partial charge in [-0.1, -0.05) is 52.5 Å². The van der Waals surface area contributed by atoms with Gasteiger partial charge in [0.1, 0.15) is 11.4 Å². The van der Waals surface area contributed by atoms with E-state index in [1.54, 1.807) is 13.8 Å². The second-order valence-corrected chi connectivity index (χ2v) is 12.0. The summed E-state index contributed by atoms with van der Waals surface area (Å²) < 4.78 is 11.7. The molecule has 1 aliphatic heterocycles. The van der Waals surface area contributed by atoms with E-state index in [0.29, 0.717) is 10.1 Å². The molecule has 1 amide bonds. The third kappa shape index (κ3) is 7.20. The van der Waals surface area contributed by atoms with Gasteiger partial charge in [0.25, 0.3) is 5.91 Å². The molecule has 43 heavy (non-hydrogen) atoms. The van der Waals surface area contributed by atoms with Crippen LogP contribution in [0.25, 0.3) is 11.8 Å². The molecule has 0 bridgehead atoms. The highest BCUT2D eigenvalue weighted by molar-refractivity contribution is 6.40. The number of hydrazone groups is 1. The van der Waals surface area contributed by atoms with E-state index in [1.165, 1.54) is 30.4 Å². The van der Waals surface area contributed by atoms with Crippen LogP contribution in [0.15, 0.2) is 60.8 Å². The molecule has 3 aliphatic rings. The maximum Gasteiger partial charge on any atom is 0.280 e. The molecular formula is C27H26Cl6N4O6. The van der Waals surface area contributed by atoms with Gasteiger partial charge in [0.05, 0.1) is 43.3 Å². The predicted octanol–water partition coefficient (Wildman–Crippen LogP) is 6.23. The van der Waals surface area contributed by atoms with Gasteiger partial charge in [-0.05, 0) is 38.2 Å². The lowest BCUT2D eigenvalue weighted by Gasteiger charge is -2.24. The molecule has 232 valence electrons. The number of hydrogen-bond donors (Lipinski definition) is 3. The fraction of sp³-hybridized carbons (Fsp3) is 0.370. The van der Waals surface area contributed by atoms with Crippen molar-refractivity contribution in [1.82, 2.24) is 14.8 Å². The number of rotatable bonds is 10. The standard InChI is InChI=1S/C27H26Cl6N4O6/c1-3-42-26(40)20-14(24(38)36(34-20)22-16(30)8-12(28)9-17(22)31)6-5-7-15-21(27(41)43-4-2)35-37(25(15)39)23-18(32)10-13(29)11-19(23)33/h5-8,10,17,19,26-27,38,40-41H,3-4,9,11H2,1-2H3. The van der Waals surface area contributed by atoms with Crippen LogP contribution in [0.4, 0.5) is 0 Å². The SMILES string of the molecule is CCOC(O)C1=NN(C2=C(Cl)C=C(Cl)CC2Cl)C(=O)C1=CC=Cc1c(C(O)OCC)nn(C2=C(Cl)C=C(Cl)CC2Cl)c1O. The minimum absolute atomic E-state index is 0.0453. The number of allylic oxidation sites excluding steroid dienone is 10. The maximum absolute atomic E-state index is 13.5. The summed E-state index contributed by atoms with van der Waals surface area (Å²) in [4.78, 5) is 13.5. The summed E-state index contributed by atoms with van der Waals surface area (Å²) in [5.41, 5.74) is 0.285. The highest BCUT2D eigenvalue weighted by Gasteiger charge is 2.39. The topological polar surface area (TPSA) is 130 Å². The fourth-order valence-electron chi connectivity index (χ4n) is 4.44. The first-order valence-electron chi connectivity index (χ1n) is 12.9. The van der Waals surface area contributed by atoms with Gasteiger partial charge < -0.3 is 24.8 Å². The zero-order valence-corrected chi connectivity index (χ0v) is 27.2. The monoisotopic (exact) mass is 712 g/mol. The van der Waals surface area contributed by atoms with Crippen LogP contribution in [0.3, 0.4) is 0 Å². The molecule has 0 spiro atoms. The fourth-order valence-corrected chi connectivity index (χ4v) is 6.79. The number of aliphatic hydroxyl groups is 2. The number of aromatic nitrogens is 2. The lowest BCUT2D eigenvalue weighted by Crippen LogP contribution is -2.29. The Bertz CT molecular complexity index is 1510. The van der Waals surface area contributed by atoms with Crippen LogP contribution < -0.4 is 0 Å². The van der Waals surface area contributed by atoms with Crippen molar-refractivity contribution in [3.8, 4) is 5.88 Å². The van der Waals surface area contributed by atoms with Crippen molar-refractivity contribution in [3.63, 3.8) is 0 Å². The summed E-state index contributed by atoms with van der Waals surface area (Å²) in [6, 6.07) is 0. The molecule has 0 radical (unpaired) electrons. The first kappa shape index (κ1) is 34.1. The van der Waals surface area contributed by atoms with Crippen molar-refractivity contribution in [2.45, 2.75) is 50.0 Å². The number of ether oxygens (including phenoxy) is 2. The summed E-state index contributed by atoms with van der Waals surface area (Å²) in [5, 5.41) is 41.6. The Kier molecular flexibility index (Phi) is 11.5. The molecule has 16 heteroatoms. The number of nitrogens with zero attached hydrogens (tertiary/aromatic N) is 4. The van der Waals surface area contributed by atoms with Crippen molar-refractivity contribution >= 4 is 93.0 Å². The highest BCUT2D eigenvalue weighted by Crippen LogP contribution is 2.40. The zero-order valence-electron chi connectivity index (χ0n) is 22.6. The van der Waals surface area contributed by atoms with Gasteiger partial charge in [0.2, 0.25) is 18.5 Å². The Labute approximate surface area is 277 Å². The molecule has 0 saturated carbocycles. The highest BCUT2D eigenvalue weighted by atomic mass is 35.5. The third-order valence-electron chi connectivity index (χ3n) is 6.33. The molecule has 10 nitrogen and oxygen atoms in total. The summed E-state index contributed by atoms with van der Waals surface area (Å²) in [5.74, 6) is -1.06. The molecule has 4 atom stereocenters. The molecule has 1 aromatic heterocycles. The minimum atomic E-state index is -1.55. The van der Waals surface area contributed by atoms with Gasteiger partial charge in [0.15, 0.2) is 0 Å². The lowest BCUT2D eigenvalue weighted by molar-refractivity contribution is -0.124.